The second-order valence-corrected chi connectivity index (χ2v) is 11.5. The van der Waals surface area contributed by atoms with E-state index in [-0.39, 0.29) is 53.2 Å². The first-order valence-electron chi connectivity index (χ1n) is 12.8. The Labute approximate surface area is 221 Å². The third-order valence-electron chi connectivity index (χ3n) is 8.29. The lowest BCUT2D eigenvalue weighted by molar-refractivity contribution is -0.142. The van der Waals surface area contributed by atoms with Crippen LogP contribution in [0.3, 0.4) is 0 Å². The first-order chi connectivity index (χ1) is 18.3. The zero-order valence-electron chi connectivity index (χ0n) is 21.0. The molecule has 3 aliphatic heterocycles. The molecule has 4 unspecified atom stereocenters. The highest BCUT2D eigenvalue weighted by Gasteiger charge is 2.57. The third kappa shape index (κ3) is 3.54. The number of rotatable bonds is 3. The Kier molecular flexibility index (Phi) is 6.10. The van der Waals surface area contributed by atoms with Crippen molar-refractivity contribution in [1.29, 1.82) is 0 Å². The maximum Gasteiger partial charge on any atom is 0.321 e. The average molecular weight is 546 g/mol. The van der Waals surface area contributed by atoms with E-state index in [1.165, 1.54) is 18.8 Å². The Balaban J connectivity index is 1.50. The molecule has 6 rings (SSSR count). The molecule has 4 heterocycles. The average Bonchev–Trinajstić information content (AvgIpc) is 3.47. The van der Waals surface area contributed by atoms with Crippen LogP contribution in [-0.2, 0) is 20.7 Å². The van der Waals surface area contributed by atoms with Crippen molar-refractivity contribution in [3.8, 4) is 0 Å². The van der Waals surface area contributed by atoms with Gasteiger partial charge in [0.1, 0.15) is 11.7 Å². The summed E-state index contributed by atoms with van der Waals surface area (Å²) in [4.78, 5) is 54.5. The van der Waals surface area contributed by atoms with Crippen LogP contribution in [0.25, 0.3) is 11.0 Å². The van der Waals surface area contributed by atoms with Gasteiger partial charge < -0.3 is 24.3 Å². The number of hydrogen-bond donors (Lipinski definition) is 2. The summed E-state index contributed by atoms with van der Waals surface area (Å²) in [5.41, 5.74) is -1.21. The molecule has 0 radical (unpaired) electrons. The van der Waals surface area contributed by atoms with Crippen LogP contribution >= 0.6 is 11.8 Å². The van der Waals surface area contributed by atoms with E-state index in [1.54, 1.807) is 22.8 Å². The molecule has 202 valence electrons. The van der Waals surface area contributed by atoms with Gasteiger partial charge in [-0.25, -0.2) is 9.18 Å². The van der Waals surface area contributed by atoms with Crippen LogP contribution in [-0.4, -0.2) is 72.3 Å². The zero-order valence-corrected chi connectivity index (χ0v) is 21.8. The summed E-state index contributed by atoms with van der Waals surface area (Å²) >= 11 is 1.28. The van der Waals surface area contributed by atoms with Gasteiger partial charge >= 0.3 is 6.03 Å². The lowest BCUT2D eigenvalue weighted by Crippen LogP contribution is -2.67. The van der Waals surface area contributed by atoms with Gasteiger partial charge in [0.05, 0.1) is 35.9 Å². The number of hydrogen-bond acceptors (Lipinski definition) is 9. The van der Waals surface area contributed by atoms with Crippen LogP contribution in [0.1, 0.15) is 38.2 Å². The van der Waals surface area contributed by atoms with Crippen LogP contribution < -0.4 is 20.4 Å². The van der Waals surface area contributed by atoms with E-state index in [0.717, 1.165) is 25.7 Å². The van der Waals surface area contributed by atoms with Gasteiger partial charge in [-0.1, -0.05) is 29.8 Å². The van der Waals surface area contributed by atoms with Gasteiger partial charge in [-0.2, -0.15) is 0 Å². The maximum absolute atomic E-state index is 16.2. The minimum absolute atomic E-state index is 0.0504. The van der Waals surface area contributed by atoms with Crippen molar-refractivity contribution < 1.29 is 32.8 Å². The number of nitrogens with zero attached hydrogens (tertiary/aromatic N) is 3. The van der Waals surface area contributed by atoms with Crippen molar-refractivity contribution in [3.63, 3.8) is 0 Å². The van der Waals surface area contributed by atoms with Crippen molar-refractivity contribution in [3.05, 3.63) is 17.4 Å². The van der Waals surface area contributed by atoms with E-state index in [4.69, 9.17) is 9.26 Å². The van der Waals surface area contributed by atoms with E-state index in [0.29, 0.717) is 17.2 Å². The molecule has 2 N–H and O–H groups in total. The summed E-state index contributed by atoms with van der Waals surface area (Å²) < 4.78 is 27.5. The molecule has 0 spiro atoms. The molecule has 4 amide bonds. The Morgan fingerprint density at radius 2 is 2.11 bits per heavy atom. The smallest absolute Gasteiger partial charge is 0.321 e. The number of morpholine rings is 1. The number of amides is 4. The molecule has 1 aromatic carbocycles. The van der Waals surface area contributed by atoms with E-state index < -0.39 is 35.3 Å². The van der Waals surface area contributed by atoms with Gasteiger partial charge in [-0.15, -0.1) is 0 Å². The quantitative estimate of drug-likeness (QED) is 0.441. The van der Waals surface area contributed by atoms with E-state index >= 15 is 4.39 Å². The molecule has 4 aliphatic rings. The minimum atomic E-state index is -1.73. The first kappa shape index (κ1) is 25.1. The number of urea groups is 1. The van der Waals surface area contributed by atoms with Gasteiger partial charge in [0.15, 0.2) is 11.6 Å². The van der Waals surface area contributed by atoms with Crippen molar-refractivity contribution in [1.82, 2.24) is 15.8 Å². The fourth-order valence-electron chi connectivity index (χ4n) is 6.61. The van der Waals surface area contributed by atoms with Crippen LogP contribution in [0.4, 0.5) is 25.5 Å². The van der Waals surface area contributed by atoms with E-state index in [2.05, 4.69) is 15.8 Å². The number of aldehydes is 1. The van der Waals surface area contributed by atoms with Gasteiger partial charge in [0, 0.05) is 18.8 Å². The highest BCUT2D eigenvalue weighted by Crippen LogP contribution is 2.49. The molecule has 1 saturated carbocycles. The molecule has 11 nitrogen and oxygen atoms in total. The van der Waals surface area contributed by atoms with Crippen molar-refractivity contribution in [2.45, 2.75) is 62.5 Å². The second-order valence-electron chi connectivity index (χ2n) is 10.3. The number of ether oxygens (including phenoxy) is 1. The van der Waals surface area contributed by atoms with Crippen LogP contribution in [0.15, 0.2) is 10.6 Å². The van der Waals surface area contributed by atoms with E-state index in [9.17, 15) is 19.2 Å². The number of anilines is 2. The number of halogens is 1. The van der Waals surface area contributed by atoms with Crippen molar-refractivity contribution in [2.75, 3.05) is 30.0 Å². The summed E-state index contributed by atoms with van der Waals surface area (Å²) in [5.74, 6) is -1.22. The summed E-state index contributed by atoms with van der Waals surface area (Å²) in [6.07, 6.45) is 3.55. The molecule has 13 heteroatoms. The monoisotopic (exact) mass is 545 g/mol. The van der Waals surface area contributed by atoms with E-state index in [1.807, 2.05) is 0 Å². The fourth-order valence-corrected chi connectivity index (χ4v) is 7.91. The van der Waals surface area contributed by atoms with Crippen LogP contribution in [0.2, 0.25) is 0 Å². The largest absolute Gasteiger partial charge is 0.374 e. The van der Waals surface area contributed by atoms with Gasteiger partial charge in [0.2, 0.25) is 11.5 Å². The predicted octanol–water partition coefficient (Wildman–Crippen LogP) is 2.74. The molecule has 2 saturated heterocycles. The summed E-state index contributed by atoms with van der Waals surface area (Å²) in [7, 11) is 1.36. The second kappa shape index (κ2) is 9.23. The lowest BCUT2D eigenvalue weighted by Gasteiger charge is -2.52. The number of nitrogens with one attached hydrogen (secondary N) is 2. The third-order valence-corrected chi connectivity index (χ3v) is 9.54. The molecular weight excluding hydrogens is 517 g/mol. The maximum atomic E-state index is 16.2. The van der Waals surface area contributed by atoms with Crippen LogP contribution in [0.5, 0.6) is 0 Å². The molecule has 2 aromatic rings. The lowest BCUT2D eigenvalue weighted by atomic mass is 9.69. The zero-order chi connectivity index (χ0) is 26.8. The first-order valence-corrected chi connectivity index (χ1v) is 13.7. The minimum Gasteiger partial charge on any atom is -0.374 e. The SMILES string of the molecule is CNC(=O)NC(=O)C1(C=O)Cc2cc3c(N4C(=O)SC5CCCCC54)noc3c(F)c2N2CCO[C@@H](C)C21. The Hall–Kier alpha value is -3.19. The topological polar surface area (TPSA) is 134 Å². The Morgan fingerprint density at radius 1 is 1.32 bits per heavy atom. The summed E-state index contributed by atoms with van der Waals surface area (Å²) in [6.45, 7) is 2.19. The standard InChI is InChI=1S/C25H28FN5O6S/c1-12-20-25(11-32,22(33)28-23(34)27-2)10-13-9-14-19(17(26)18(13)30(20)7-8-36-12)37-29-21(14)31-15-5-3-4-6-16(15)38-24(31)35/h9,11-12,15-16,20H,3-8,10H2,1-2H3,(H2,27,28,33,34)/t12-,15?,16?,20?,25?/m0/s1. The number of imide groups is 1. The molecule has 1 aliphatic carbocycles. The summed E-state index contributed by atoms with van der Waals surface area (Å²) in [6, 6.07) is -0.00608. The molecule has 1 aromatic heterocycles. The molecule has 0 bridgehead atoms. The Bertz CT molecular complexity index is 1350. The molecular formula is C25H28FN5O6S. The number of aromatic nitrogens is 1. The predicted molar refractivity (Wildman–Crippen MR) is 137 cm³/mol. The van der Waals surface area contributed by atoms with Crippen molar-refractivity contribution in [2.24, 2.45) is 5.41 Å². The van der Waals surface area contributed by atoms with Gasteiger partial charge in [0.25, 0.3) is 5.24 Å². The Morgan fingerprint density at radius 3 is 2.87 bits per heavy atom. The van der Waals surface area contributed by atoms with Crippen LogP contribution in [0, 0.1) is 11.2 Å². The number of thioether (sulfide) groups is 1. The fraction of sp³-hybridized carbons (Fsp3) is 0.560. The van der Waals surface area contributed by atoms with Crippen molar-refractivity contribution >= 4 is 57.7 Å². The molecule has 38 heavy (non-hydrogen) atoms. The molecule has 5 atom stereocenters. The highest BCUT2D eigenvalue weighted by molar-refractivity contribution is 8.14. The highest BCUT2D eigenvalue weighted by atomic mass is 32.2. The van der Waals surface area contributed by atoms with Gasteiger partial charge in [-0.3, -0.25) is 19.8 Å². The number of carbonyl (C=O) groups is 4. The number of fused-ring (bicyclic) bond motifs is 5. The summed E-state index contributed by atoms with van der Waals surface area (Å²) in [5, 5.41) is 9.01. The molecule has 3 fully saturated rings. The van der Waals surface area contributed by atoms with Gasteiger partial charge in [-0.05, 0) is 37.8 Å². The number of carbonyl (C=O) groups excluding carboxylic acids is 4. The number of benzene rings is 1. The normalized spacial score (nSPS) is 30.4.